The molecule has 0 rings (SSSR count). The van der Waals surface area contributed by atoms with E-state index in [1.165, 1.54) is 51.4 Å². The molecule has 0 aromatic rings. The zero-order chi connectivity index (χ0) is 11.8. The average Bonchev–Trinajstić information content (AvgIpc) is 2.27. The quantitative estimate of drug-likeness (QED) is 0.349. The molecule has 0 aliphatic heterocycles. The molecule has 0 amide bonds. The van der Waals surface area contributed by atoms with Crippen molar-refractivity contribution in [2.75, 3.05) is 0 Å². The number of unbranched alkanes of at least 4 members (excludes halogenated alkanes) is 5. The first kappa shape index (κ1) is 18.0. The van der Waals surface area contributed by atoms with Gasteiger partial charge in [0.05, 0.1) is 0 Å². The molecule has 15 heavy (non-hydrogen) atoms. The van der Waals surface area contributed by atoms with Crippen molar-refractivity contribution in [2.24, 2.45) is 0 Å². The van der Waals surface area contributed by atoms with E-state index in [9.17, 15) is 0 Å². The molecule has 0 heterocycles. The molecule has 0 aliphatic carbocycles. The molecule has 0 radical (unpaired) electrons. The Morgan fingerprint density at radius 2 is 0.867 bits per heavy atom. The van der Waals surface area contributed by atoms with Gasteiger partial charge in [-0.15, -0.1) is 0 Å². The third-order valence-corrected chi connectivity index (χ3v) is 6.86. The molecule has 0 saturated heterocycles. The van der Waals surface area contributed by atoms with Gasteiger partial charge in [-0.3, -0.25) is 0 Å². The van der Waals surface area contributed by atoms with Gasteiger partial charge in [-0.05, 0) is 0 Å². The Balaban J connectivity index is 0. The SMILES string of the molecule is CCCCCC.CCC[CH2][Zn][CH2]CCC. The van der Waals surface area contributed by atoms with Crippen molar-refractivity contribution in [1.82, 2.24) is 0 Å². The molecule has 0 aromatic carbocycles. The Labute approximate surface area is 106 Å². The summed E-state index contributed by atoms with van der Waals surface area (Å²) < 4.78 is 0. The maximum absolute atomic E-state index is 2.29. The van der Waals surface area contributed by atoms with E-state index in [0.717, 1.165) is 0 Å². The van der Waals surface area contributed by atoms with Crippen LogP contribution in [0.1, 0.15) is 79.1 Å². The predicted molar refractivity (Wildman–Crippen MR) is 69.2 cm³/mol. The average molecular weight is 266 g/mol. The zero-order valence-electron chi connectivity index (χ0n) is 11.8. The van der Waals surface area contributed by atoms with Crippen molar-refractivity contribution in [3.63, 3.8) is 0 Å². The second-order valence-corrected chi connectivity index (χ2v) is 8.93. The van der Waals surface area contributed by atoms with Crippen molar-refractivity contribution in [3.8, 4) is 0 Å². The van der Waals surface area contributed by atoms with E-state index in [1.54, 1.807) is 10.0 Å². The van der Waals surface area contributed by atoms with Crippen LogP contribution in [0.5, 0.6) is 0 Å². The zero-order valence-corrected chi connectivity index (χ0v) is 14.7. The van der Waals surface area contributed by atoms with E-state index in [-0.39, 0.29) is 17.1 Å². The summed E-state index contributed by atoms with van der Waals surface area (Å²) >= 11 is 0.0146. The molecule has 0 bridgehead atoms. The first-order valence-corrected chi connectivity index (χ1v) is 11.5. The fourth-order valence-electron chi connectivity index (χ4n) is 1.53. The molecule has 90 valence electrons. The van der Waals surface area contributed by atoms with E-state index in [4.69, 9.17) is 0 Å². The van der Waals surface area contributed by atoms with Crippen LogP contribution in [-0.2, 0) is 17.1 Å². The Hall–Kier alpha value is 0.623. The van der Waals surface area contributed by atoms with Gasteiger partial charge in [0.25, 0.3) is 0 Å². The van der Waals surface area contributed by atoms with Crippen molar-refractivity contribution in [2.45, 2.75) is 89.1 Å². The fraction of sp³-hybridized carbons (Fsp3) is 1.00. The van der Waals surface area contributed by atoms with Gasteiger partial charge in [-0.25, -0.2) is 0 Å². The van der Waals surface area contributed by atoms with Crippen LogP contribution in [0.15, 0.2) is 0 Å². The summed E-state index contributed by atoms with van der Waals surface area (Å²) in [7, 11) is 0. The van der Waals surface area contributed by atoms with Crippen LogP contribution >= 0.6 is 0 Å². The summed E-state index contributed by atoms with van der Waals surface area (Å²) in [5, 5.41) is 3.28. The first-order chi connectivity index (χ1) is 7.33. The monoisotopic (exact) mass is 264 g/mol. The molecule has 1 heteroatoms. The van der Waals surface area contributed by atoms with Gasteiger partial charge >= 0.3 is 66.7 Å². The van der Waals surface area contributed by atoms with E-state index in [1.807, 2.05) is 0 Å². The van der Waals surface area contributed by atoms with E-state index >= 15 is 0 Å². The topological polar surface area (TPSA) is 0 Å². The van der Waals surface area contributed by atoms with Crippen molar-refractivity contribution in [3.05, 3.63) is 0 Å². The molecule has 0 spiro atoms. The molecule has 0 N–H and O–H groups in total. The van der Waals surface area contributed by atoms with Crippen LogP contribution in [0.4, 0.5) is 0 Å². The second-order valence-electron chi connectivity index (χ2n) is 4.47. The summed E-state index contributed by atoms with van der Waals surface area (Å²) in [5.74, 6) is 0. The van der Waals surface area contributed by atoms with Gasteiger partial charge < -0.3 is 0 Å². The van der Waals surface area contributed by atoms with Crippen LogP contribution in [0.2, 0.25) is 10.0 Å². The van der Waals surface area contributed by atoms with Gasteiger partial charge in [0, 0.05) is 0 Å². The Morgan fingerprint density at radius 3 is 1.13 bits per heavy atom. The Kier molecular flexibility index (Phi) is 24.1. The molecular formula is C14H32Zn. The standard InChI is InChI=1S/C6H14.2C4H9.Zn/c1-3-5-6-4-2;2*1-3-4-2;/h3-6H2,1-2H3;2*1,3-4H2,2H3;. The normalized spacial score (nSPS) is 9.07. The van der Waals surface area contributed by atoms with Crippen LogP contribution in [0.3, 0.4) is 0 Å². The Bertz CT molecular complexity index is 71.4. The minimum atomic E-state index is 0.0146. The van der Waals surface area contributed by atoms with Crippen LogP contribution in [0.25, 0.3) is 0 Å². The molecule has 0 nitrogen and oxygen atoms in total. The molecule has 0 unspecified atom stereocenters. The summed E-state index contributed by atoms with van der Waals surface area (Å²) in [6.07, 6.45) is 11.4. The van der Waals surface area contributed by atoms with Crippen molar-refractivity contribution < 1.29 is 17.1 Å². The molecule has 0 fully saturated rings. The molecule has 0 aromatic heterocycles. The maximum atomic E-state index is 2.29. The molecular weight excluding hydrogens is 234 g/mol. The Morgan fingerprint density at radius 1 is 0.533 bits per heavy atom. The van der Waals surface area contributed by atoms with Gasteiger partial charge in [0.2, 0.25) is 0 Å². The third-order valence-electron chi connectivity index (χ3n) is 2.66. The third kappa shape index (κ3) is 25.2. The molecule has 0 saturated carbocycles. The number of hydrogen-bond acceptors (Lipinski definition) is 0. The van der Waals surface area contributed by atoms with Crippen LogP contribution in [0, 0.1) is 0 Å². The van der Waals surface area contributed by atoms with Crippen molar-refractivity contribution in [1.29, 1.82) is 0 Å². The van der Waals surface area contributed by atoms with E-state index in [0.29, 0.717) is 0 Å². The summed E-state index contributed by atoms with van der Waals surface area (Å²) in [6, 6.07) is 0. The van der Waals surface area contributed by atoms with Gasteiger partial charge in [-0.2, -0.15) is 0 Å². The summed E-state index contributed by atoms with van der Waals surface area (Å²) in [4.78, 5) is 0. The summed E-state index contributed by atoms with van der Waals surface area (Å²) in [6.45, 7) is 9.05. The minimum absolute atomic E-state index is 0.0146. The predicted octanol–water partition coefficient (Wildman–Crippen LogP) is 6.09. The van der Waals surface area contributed by atoms with Gasteiger partial charge in [0.1, 0.15) is 0 Å². The van der Waals surface area contributed by atoms with Gasteiger partial charge in [-0.1, -0.05) is 39.5 Å². The van der Waals surface area contributed by atoms with E-state index < -0.39 is 0 Å². The summed E-state index contributed by atoms with van der Waals surface area (Å²) in [5.41, 5.74) is 0. The first-order valence-electron chi connectivity index (χ1n) is 7.33. The fourth-order valence-corrected chi connectivity index (χ4v) is 5.85. The second kappa shape index (κ2) is 20.1. The van der Waals surface area contributed by atoms with Crippen LogP contribution < -0.4 is 0 Å². The molecule has 0 aliphatic rings. The van der Waals surface area contributed by atoms with Gasteiger partial charge in [0.15, 0.2) is 0 Å². The number of rotatable bonds is 9. The molecule has 0 atom stereocenters. The number of hydrogen-bond donors (Lipinski definition) is 0. The van der Waals surface area contributed by atoms with Crippen molar-refractivity contribution >= 4 is 0 Å². The van der Waals surface area contributed by atoms with Crippen LogP contribution in [-0.4, -0.2) is 0 Å². The van der Waals surface area contributed by atoms with E-state index in [2.05, 4.69) is 27.7 Å².